The summed E-state index contributed by atoms with van der Waals surface area (Å²) in [6, 6.07) is 17.0. The molecule has 0 spiro atoms. The summed E-state index contributed by atoms with van der Waals surface area (Å²) in [6.07, 6.45) is 1.41. The van der Waals surface area contributed by atoms with Gasteiger partial charge in [-0.1, -0.05) is 42.5 Å². The number of hydrogen-bond acceptors (Lipinski definition) is 2. The van der Waals surface area contributed by atoms with Gasteiger partial charge in [-0.3, -0.25) is 0 Å². The van der Waals surface area contributed by atoms with Crippen LogP contribution in [0.5, 0.6) is 5.75 Å². The molecule has 2 nitrogen and oxygen atoms in total. The highest BCUT2D eigenvalue weighted by atomic mass is 16.5. The topological polar surface area (TPSA) is 21.3 Å². The summed E-state index contributed by atoms with van der Waals surface area (Å²) >= 11 is 0. The van der Waals surface area contributed by atoms with Crippen LogP contribution in [0.2, 0.25) is 0 Å². The number of hydrogen-bond donors (Lipinski definition) is 1. The minimum Gasteiger partial charge on any atom is -0.491 e. The summed E-state index contributed by atoms with van der Waals surface area (Å²) in [5.74, 6) is 1.66. The SMILES string of the molecule is CC(C)Oc1ccccc1CNCC1Cc2ccccc21. The van der Waals surface area contributed by atoms with Crippen LogP contribution in [-0.2, 0) is 13.0 Å². The molecule has 2 aromatic rings. The number of nitrogens with one attached hydrogen (secondary N) is 1. The summed E-state index contributed by atoms with van der Waals surface area (Å²) in [6.45, 7) is 6.03. The molecule has 1 atom stereocenters. The average molecular weight is 281 g/mol. The maximum Gasteiger partial charge on any atom is 0.124 e. The fourth-order valence-electron chi connectivity index (χ4n) is 2.94. The largest absolute Gasteiger partial charge is 0.491 e. The van der Waals surface area contributed by atoms with Crippen molar-refractivity contribution in [3.8, 4) is 5.75 Å². The van der Waals surface area contributed by atoms with Gasteiger partial charge in [0, 0.05) is 24.6 Å². The van der Waals surface area contributed by atoms with E-state index in [-0.39, 0.29) is 6.10 Å². The van der Waals surface area contributed by atoms with Crippen molar-refractivity contribution in [3.05, 3.63) is 65.2 Å². The Bertz CT molecular complexity index is 606. The number of benzene rings is 2. The fraction of sp³-hybridized carbons (Fsp3) is 0.368. The van der Waals surface area contributed by atoms with Gasteiger partial charge in [0.25, 0.3) is 0 Å². The zero-order valence-electron chi connectivity index (χ0n) is 12.8. The van der Waals surface area contributed by atoms with Crippen molar-refractivity contribution in [2.75, 3.05) is 6.54 Å². The quantitative estimate of drug-likeness (QED) is 0.867. The van der Waals surface area contributed by atoms with E-state index >= 15 is 0 Å². The lowest BCUT2D eigenvalue weighted by Crippen LogP contribution is -2.29. The van der Waals surface area contributed by atoms with E-state index in [4.69, 9.17) is 4.74 Å². The first-order valence-electron chi connectivity index (χ1n) is 7.77. The molecule has 110 valence electrons. The first kappa shape index (κ1) is 14.2. The first-order valence-corrected chi connectivity index (χ1v) is 7.77. The van der Waals surface area contributed by atoms with Gasteiger partial charge < -0.3 is 10.1 Å². The van der Waals surface area contributed by atoms with Crippen molar-refractivity contribution in [3.63, 3.8) is 0 Å². The molecule has 0 aliphatic heterocycles. The van der Waals surface area contributed by atoms with E-state index in [0.29, 0.717) is 5.92 Å². The Morgan fingerprint density at radius 2 is 1.86 bits per heavy atom. The van der Waals surface area contributed by atoms with Crippen LogP contribution < -0.4 is 10.1 Å². The molecule has 0 heterocycles. The molecule has 3 rings (SSSR count). The summed E-state index contributed by atoms with van der Waals surface area (Å²) < 4.78 is 5.86. The summed E-state index contributed by atoms with van der Waals surface area (Å²) in [5.41, 5.74) is 4.25. The number of ether oxygens (including phenoxy) is 1. The van der Waals surface area contributed by atoms with E-state index in [1.165, 1.54) is 23.1 Å². The number of fused-ring (bicyclic) bond motifs is 1. The highest BCUT2D eigenvalue weighted by Crippen LogP contribution is 2.34. The lowest BCUT2D eigenvalue weighted by Gasteiger charge is -2.30. The standard InChI is InChI=1S/C19H23NO/c1-14(2)21-19-10-6-4-8-16(19)12-20-13-17-11-15-7-3-5-9-18(15)17/h3-10,14,17,20H,11-13H2,1-2H3. The Kier molecular flexibility index (Phi) is 4.26. The molecule has 0 radical (unpaired) electrons. The van der Waals surface area contributed by atoms with Crippen molar-refractivity contribution in [2.45, 2.75) is 38.8 Å². The van der Waals surface area contributed by atoms with E-state index < -0.39 is 0 Å². The highest BCUT2D eigenvalue weighted by molar-refractivity contribution is 5.40. The maximum atomic E-state index is 5.86. The van der Waals surface area contributed by atoms with E-state index in [1.54, 1.807) is 0 Å². The Hall–Kier alpha value is -1.80. The highest BCUT2D eigenvalue weighted by Gasteiger charge is 2.24. The van der Waals surface area contributed by atoms with Gasteiger partial charge >= 0.3 is 0 Å². The van der Waals surface area contributed by atoms with Crippen molar-refractivity contribution >= 4 is 0 Å². The van der Waals surface area contributed by atoms with Crippen LogP contribution in [0.3, 0.4) is 0 Å². The lowest BCUT2D eigenvalue weighted by atomic mass is 9.77. The average Bonchev–Trinajstić information content (AvgIpc) is 2.45. The summed E-state index contributed by atoms with van der Waals surface area (Å²) in [7, 11) is 0. The minimum absolute atomic E-state index is 0.213. The molecule has 1 aliphatic carbocycles. The second kappa shape index (κ2) is 6.31. The third-order valence-corrected chi connectivity index (χ3v) is 4.00. The van der Waals surface area contributed by atoms with Gasteiger partial charge in [-0.2, -0.15) is 0 Å². The molecular formula is C19H23NO. The van der Waals surface area contributed by atoms with Crippen LogP contribution in [0.15, 0.2) is 48.5 Å². The van der Waals surface area contributed by atoms with Crippen LogP contribution in [-0.4, -0.2) is 12.6 Å². The molecule has 21 heavy (non-hydrogen) atoms. The fourth-order valence-corrected chi connectivity index (χ4v) is 2.94. The zero-order valence-corrected chi connectivity index (χ0v) is 12.8. The lowest BCUT2D eigenvalue weighted by molar-refractivity contribution is 0.239. The number of rotatable bonds is 6. The normalized spacial score (nSPS) is 16.4. The monoisotopic (exact) mass is 281 g/mol. The Balaban J connectivity index is 1.55. The molecule has 0 aromatic heterocycles. The van der Waals surface area contributed by atoms with Gasteiger partial charge in [0.05, 0.1) is 6.10 Å². The van der Waals surface area contributed by atoms with Crippen LogP contribution in [0, 0.1) is 0 Å². The van der Waals surface area contributed by atoms with Gasteiger partial charge in [-0.25, -0.2) is 0 Å². The van der Waals surface area contributed by atoms with Crippen molar-refractivity contribution in [2.24, 2.45) is 0 Å². The van der Waals surface area contributed by atoms with Crippen LogP contribution in [0.1, 0.15) is 36.5 Å². The molecule has 0 saturated carbocycles. The van der Waals surface area contributed by atoms with Crippen molar-refractivity contribution in [1.82, 2.24) is 5.32 Å². The Labute approximate surface area is 127 Å². The Morgan fingerprint density at radius 3 is 2.67 bits per heavy atom. The van der Waals surface area contributed by atoms with Gasteiger partial charge in [0.2, 0.25) is 0 Å². The van der Waals surface area contributed by atoms with E-state index in [9.17, 15) is 0 Å². The van der Waals surface area contributed by atoms with E-state index in [0.717, 1.165) is 18.8 Å². The molecule has 1 unspecified atom stereocenters. The third-order valence-electron chi connectivity index (χ3n) is 4.00. The molecular weight excluding hydrogens is 258 g/mol. The van der Waals surface area contributed by atoms with Gasteiger partial charge in [-0.15, -0.1) is 0 Å². The predicted molar refractivity (Wildman–Crippen MR) is 86.8 cm³/mol. The molecule has 2 aromatic carbocycles. The number of para-hydroxylation sites is 1. The third kappa shape index (κ3) is 3.27. The molecule has 1 N–H and O–H groups in total. The maximum absolute atomic E-state index is 5.86. The van der Waals surface area contributed by atoms with E-state index in [2.05, 4.69) is 61.6 Å². The molecule has 1 aliphatic rings. The summed E-state index contributed by atoms with van der Waals surface area (Å²) in [5, 5.41) is 3.58. The smallest absolute Gasteiger partial charge is 0.124 e. The molecule has 0 amide bonds. The second-order valence-corrected chi connectivity index (χ2v) is 6.01. The first-order chi connectivity index (χ1) is 10.2. The molecule has 2 heteroatoms. The molecule has 0 saturated heterocycles. The van der Waals surface area contributed by atoms with Crippen molar-refractivity contribution in [1.29, 1.82) is 0 Å². The van der Waals surface area contributed by atoms with Gasteiger partial charge in [0.1, 0.15) is 5.75 Å². The molecule has 0 fully saturated rings. The van der Waals surface area contributed by atoms with Gasteiger partial charge in [-0.05, 0) is 37.5 Å². The van der Waals surface area contributed by atoms with E-state index in [1.807, 2.05) is 6.07 Å². The predicted octanol–water partition coefficient (Wildman–Crippen LogP) is 3.90. The van der Waals surface area contributed by atoms with Crippen LogP contribution in [0.4, 0.5) is 0 Å². The summed E-state index contributed by atoms with van der Waals surface area (Å²) in [4.78, 5) is 0. The van der Waals surface area contributed by atoms with Crippen LogP contribution >= 0.6 is 0 Å². The van der Waals surface area contributed by atoms with Gasteiger partial charge in [0.15, 0.2) is 0 Å². The zero-order chi connectivity index (χ0) is 14.7. The molecule has 0 bridgehead atoms. The van der Waals surface area contributed by atoms with Crippen molar-refractivity contribution < 1.29 is 4.74 Å². The Morgan fingerprint density at radius 1 is 1.10 bits per heavy atom. The second-order valence-electron chi connectivity index (χ2n) is 6.01. The minimum atomic E-state index is 0.213. The van der Waals surface area contributed by atoms with Crippen LogP contribution in [0.25, 0.3) is 0 Å².